The van der Waals surface area contributed by atoms with E-state index >= 15 is 0 Å². The molecule has 17 heavy (non-hydrogen) atoms. The largest absolute Gasteiger partial charge is 0.550 e. The highest BCUT2D eigenvalue weighted by molar-refractivity contribution is 8.01. The van der Waals surface area contributed by atoms with Crippen LogP contribution in [-0.4, -0.2) is 11.0 Å². The summed E-state index contributed by atoms with van der Waals surface area (Å²) in [5, 5.41) is 10.5. The molecule has 0 amide bonds. The molecule has 0 bridgehead atoms. The van der Waals surface area contributed by atoms with Crippen LogP contribution in [-0.2, 0) is 11.2 Å². The Labute approximate surface area is 108 Å². The Bertz CT molecular complexity index is 523. The highest BCUT2D eigenvalue weighted by Crippen LogP contribution is 2.32. The SMILES string of the molecule is Cc1nc(Sc2ccccc2)sc1CC(=O)[O-]. The van der Waals surface area contributed by atoms with Crippen LogP contribution < -0.4 is 5.11 Å². The lowest BCUT2D eigenvalue weighted by atomic mass is 10.3. The molecule has 0 saturated heterocycles. The summed E-state index contributed by atoms with van der Waals surface area (Å²) in [6, 6.07) is 9.88. The van der Waals surface area contributed by atoms with Crippen molar-refractivity contribution in [2.45, 2.75) is 22.6 Å². The van der Waals surface area contributed by atoms with Crippen molar-refractivity contribution in [1.29, 1.82) is 0 Å². The first-order chi connectivity index (χ1) is 8.15. The molecular weight excluding hydrogens is 254 g/mol. The molecule has 0 atom stereocenters. The summed E-state index contributed by atoms with van der Waals surface area (Å²) in [6.07, 6.45) is -0.0567. The van der Waals surface area contributed by atoms with Gasteiger partial charge in [-0.25, -0.2) is 4.98 Å². The van der Waals surface area contributed by atoms with Crippen molar-refractivity contribution >= 4 is 29.1 Å². The number of benzene rings is 1. The Hall–Kier alpha value is -1.33. The van der Waals surface area contributed by atoms with E-state index in [4.69, 9.17) is 0 Å². The molecule has 2 rings (SSSR count). The summed E-state index contributed by atoms with van der Waals surface area (Å²) in [7, 11) is 0. The van der Waals surface area contributed by atoms with Gasteiger partial charge in [0.15, 0.2) is 4.34 Å². The first-order valence-corrected chi connectivity index (χ1v) is 6.67. The van der Waals surface area contributed by atoms with E-state index in [2.05, 4.69) is 4.98 Å². The van der Waals surface area contributed by atoms with E-state index in [-0.39, 0.29) is 6.42 Å². The summed E-state index contributed by atoms with van der Waals surface area (Å²) >= 11 is 2.96. The second kappa shape index (κ2) is 5.33. The van der Waals surface area contributed by atoms with Crippen molar-refractivity contribution in [3.8, 4) is 0 Å². The molecule has 5 heteroatoms. The minimum atomic E-state index is -1.06. The highest BCUT2D eigenvalue weighted by Gasteiger charge is 2.08. The standard InChI is InChI=1S/C12H11NO2S2/c1-8-10(7-11(14)15)17-12(13-8)16-9-5-3-2-4-6-9/h2-6H,7H2,1H3,(H,14,15)/p-1. The first-order valence-electron chi connectivity index (χ1n) is 5.04. The predicted molar refractivity (Wildman–Crippen MR) is 66.1 cm³/mol. The lowest BCUT2D eigenvalue weighted by Crippen LogP contribution is -2.24. The topological polar surface area (TPSA) is 53.0 Å². The molecule has 1 aromatic heterocycles. The van der Waals surface area contributed by atoms with Gasteiger partial charge in [0.25, 0.3) is 0 Å². The fourth-order valence-corrected chi connectivity index (χ4v) is 3.54. The number of thiazole rings is 1. The number of aromatic nitrogens is 1. The third kappa shape index (κ3) is 3.31. The predicted octanol–water partition coefficient (Wildman–Crippen LogP) is 1.90. The fourth-order valence-electron chi connectivity index (χ4n) is 1.33. The molecule has 0 aliphatic carbocycles. The molecule has 0 N–H and O–H groups in total. The van der Waals surface area contributed by atoms with Gasteiger partial charge in [-0.15, -0.1) is 11.3 Å². The maximum atomic E-state index is 10.5. The maximum Gasteiger partial charge on any atom is 0.155 e. The zero-order valence-electron chi connectivity index (χ0n) is 9.17. The van der Waals surface area contributed by atoms with Gasteiger partial charge in [0.2, 0.25) is 0 Å². The molecule has 1 heterocycles. The molecule has 0 spiro atoms. The number of carbonyl (C=O) groups excluding carboxylic acids is 1. The quantitative estimate of drug-likeness (QED) is 0.846. The molecule has 0 unspecified atom stereocenters. The Morgan fingerprint density at radius 3 is 2.76 bits per heavy atom. The van der Waals surface area contributed by atoms with E-state index in [9.17, 15) is 9.90 Å². The van der Waals surface area contributed by atoms with E-state index in [1.165, 1.54) is 11.3 Å². The Morgan fingerprint density at radius 1 is 1.41 bits per heavy atom. The summed E-state index contributed by atoms with van der Waals surface area (Å²) in [4.78, 5) is 16.8. The summed E-state index contributed by atoms with van der Waals surface area (Å²) in [6.45, 7) is 1.82. The minimum absolute atomic E-state index is 0.0567. The monoisotopic (exact) mass is 264 g/mol. The Kier molecular flexibility index (Phi) is 3.81. The van der Waals surface area contributed by atoms with Crippen molar-refractivity contribution in [1.82, 2.24) is 4.98 Å². The average molecular weight is 264 g/mol. The second-order valence-corrected chi connectivity index (χ2v) is 5.86. The van der Waals surface area contributed by atoms with Gasteiger partial charge in [-0.05, 0) is 19.1 Å². The van der Waals surface area contributed by atoms with Crippen LogP contribution in [0.3, 0.4) is 0 Å². The van der Waals surface area contributed by atoms with Gasteiger partial charge in [-0.1, -0.05) is 30.0 Å². The molecule has 0 aliphatic rings. The zero-order valence-corrected chi connectivity index (χ0v) is 10.8. The third-order valence-corrected chi connectivity index (χ3v) is 4.35. The molecule has 0 aliphatic heterocycles. The van der Waals surface area contributed by atoms with Crippen LogP contribution in [0.15, 0.2) is 39.6 Å². The van der Waals surface area contributed by atoms with Crippen LogP contribution in [0.5, 0.6) is 0 Å². The third-order valence-electron chi connectivity index (χ3n) is 2.13. The first kappa shape index (κ1) is 12.1. The molecule has 88 valence electrons. The molecule has 1 aromatic carbocycles. The van der Waals surface area contributed by atoms with Crippen molar-refractivity contribution in [3.63, 3.8) is 0 Å². The van der Waals surface area contributed by atoms with Gasteiger partial charge >= 0.3 is 0 Å². The lowest BCUT2D eigenvalue weighted by Gasteiger charge is -1.97. The van der Waals surface area contributed by atoms with Crippen molar-refractivity contribution in [2.24, 2.45) is 0 Å². The van der Waals surface area contributed by atoms with Gasteiger partial charge < -0.3 is 9.90 Å². The van der Waals surface area contributed by atoms with E-state index in [0.717, 1.165) is 19.8 Å². The smallest absolute Gasteiger partial charge is 0.155 e. The van der Waals surface area contributed by atoms with Gasteiger partial charge in [-0.2, -0.15) is 0 Å². The zero-order chi connectivity index (χ0) is 12.3. The number of nitrogens with zero attached hydrogens (tertiary/aromatic N) is 1. The van der Waals surface area contributed by atoms with Gasteiger partial charge in [0.1, 0.15) is 0 Å². The summed E-state index contributed by atoms with van der Waals surface area (Å²) < 4.78 is 0.866. The summed E-state index contributed by atoms with van der Waals surface area (Å²) in [5.74, 6) is -1.06. The van der Waals surface area contributed by atoms with Crippen LogP contribution in [0, 0.1) is 6.92 Å². The number of hydrogen-bond acceptors (Lipinski definition) is 5. The minimum Gasteiger partial charge on any atom is -0.550 e. The highest BCUT2D eigenvalue weighted by atomic mass is 32.2. The number of aliphatic carboxylic acids is 1. The number of rotatable bonds is 4. The van der Waals surface area contributed by atoms with E-state index in [0.29, 0.717) is 0 Å². The number of hydrogen-bond donors (Lipinski definition) is 0. The molecular formula is C12H10NO2S2-. The molecule has 3 nitrogen and oxygen atoms in total. The van der Waals surface area contributed by atoms with Crippen molar-refractivity contribution in [3.05, 3.63) is 40.9 Å². The maximum absolute atomic E-state index is 10.5. The number of aryl methyl sites for hydroxylation is 1. The van der Waals surface area contributed by atoms with Gasteiger partial charge in [0, 0.05) is 22.2 Å². The van der Waals surface area contributed by atoms with Gasteiger partial charge in [-0.3, -0.25) is 0 Å². The number of carbonyl (C=O) groups is 1. The molecule has 2 aromatic rings. The molecule has 0 saturated carbocycles. The molecule has 0 radical (unpaired) electrons. The van der Waals surface area contributed by atoms with Crippen LogP contribution >= 0.6 is 23.1 Å². The van der Waals surface area contributed by atoms with Crippen LogP contribution in [0.25, 0.3) is 0 Å². The Morgan fingerprint density at radius 2 is 2.12 bits per heavy atom. The van der Waals surface area contributed by atoms with Gasteiger partial charge in [0.05, 0.1) is 5.69 Å². The average Bonchev–Trinajstić information content (AvgIpc) is 2.59. The fraction of sp³-hybridized carbons (Fsp3) is 0.167. The second-order valence-electron chi connectivity index (χ2n) is 3.45. The van der Waals surface area contributed by atoms with Crippen molar-refractivity contribution < 1.29 is 9.90 Å². The molecule has 0 fully saturated rings. The Balaban J connectivity index is 2.15. The summed E-state index contributed by atoms with van der Waals surface area (Å²) in [5.41, 5.74) is 0.776. The van der Waals surface area contributed by atoms with Crippen LogP contribution in [0.2, 0.25) is 0 Å². The number of carboxylic acid groups (broad SMARTS) is 1. The van der Waals surface area contributed by atoms with Crippen LogP contribution in [0.1, 0.15) is 10.6 Å². The normalized spacial score (nSPS) is 10.4. The van der Waals surface area contributed by atoms with Crippen molar-refractivity contribution in [2.75, 3.05) is 0 Å². The lowest BCUT2D eigenvalue weighted by molar-refractivity contribution is -0.304. The van der Waals surface area contributed by atoms with Crippen LogP contribution in [0.4, 0.5) is 0 Å². The van der Waals surface area contributed by atoms with E-state index < -0.39 is 5.97 Å². The number of carboxylic acids is 1. The van der Waals surface area contributed by atoms with E-state index in [1.807, 2.05) is 37.3 Å². The van der Waals surface area contributed by atoms with E-state index in [1.54, 1.807) is 11.8 Å².